The summed E-state index contributed by atoms with van der Waals surface area (Å²) in [7, 11) is 0. The molecule has 0 spiro atoms. The first-order valence-electron chi connectivity index (χ1n) is 6.42. The first-order valence-corrected chi connectivity index (χ1v) is 6.42. The maximum Gasteiger partial charge on any atom is -0.00474 e. The Labute approximate surface area is 91.9 Å². The third kappa shape index (κ3) is 10.0. The molecule has 14 heavy (non-hydrogen) atoms. The third-order valence-corrected chi connectivity index (χ3v) is 3.07. The van der Waals surface area contributed by atoms with Crippen molar-refractivity contribution in [2.75, 3.05) is 19.6 Å². The largest absolute Gasteiger partial charge is 0.304 e. The maximum atomic E-state index is 2.38. The van der Waals surface area contributed by atoms with Gasteiger partial charge in [0.15, 0.2) is 0 Å². The van der Waals surface area contributed by atoms with Crippen molar-refractivity contribution in [2.24, 2.45) is 5.92 Å². The van der Waals surface area contributed by atoms with Crippen molar-refractivity contribution in [3.8, 4) is 0 Å². The molecule has 0 aromatic rings. The first kappa shape index (κ1) is 16.4. The number of nitrogens with zero attached hydrogens (tertiary/aromatic N) is 1. The van der Waals surface area contributed by atoms with Crippen molar-refractivity contribution < 1.29 is 0 Å². The molecule has 1 heteroatoms. The second kappa shape index (κ2) is 13.0. The van der Waals surface area contributed by atoms with Gasteiger partial charge >= 0.3 is 0 Å². The zero-order valence-corrected chi connectivity index (χ0v) is 11.3. The van der Waals surface area contributed by atoms with Crippen LogP contribution in [0.1, 0.15) is 60.8 Å². The molecule has 0 aromatic heterocycles. The van der Waals surface area contributed by atoms with Crippen LogP contribution in [-0.2, 0) is 0 Å². The highest BCUT2D eigenvalue weighted by atomic mass is 15.1. The lowest BCUT2D eigenvalue weighted by Gasteiger charge is -2.13. The second-order valence-corrected chi connectivity index (χ2v) is 3.71. The van der Waals surface area contributed by atoms with Gasteiger partial charge in [0.25, 0.3) is 0 Å². The molecule has 0 aliphatic carbocycles. The fourth-order valence-corrected chi connectivity index (χ4v) is 1.54. The normalized spacial score (nSPS) is 10.3. The Bertz CT molecular complexity index is 60.2. The molecule has 0 fully saturated rings. The van der Waals surface area contributed by atoms with Crippen LogP contribution in [-0.4, -0.2) is 24.5 Å². The Morgan fingerprint density at radius 2 is 0.929 bits per heavy atom. The minimum atomic E-state index is 0.986. The molecule has 0 aromatic carbocycles. The lowest BCUT2D eigenvalue weighted by Crippen LogP contribution is -2.21. The molecule has 0 radical (unpaired) electrons. The summed E-state index contributed by atoms with van der Waals surface area (Å²) < 4.78 is 0. The summed E-state index contributed by atoms with van der Waals surface area (Å²) in [6.07, 6.45) is 4.06. The van der Waals surface area contributed by atoms with Crippen LogP contribution < -0.4 is 0 Å². The van der Waals surface area contributed by atoms with Gasteiger partial charge < -0.3 is 4.90 Å². The minimum absolute atomic E-state index is 0.986. The van der Waals surface area contributed by atoms with Gasteiger partial charge in [-0.25, -0.2) is 0 Å². The van der Waals surface area contributed by atoms with E-state index in [1.165, 1.54) is 38.9 Å². The molecule has 0 aliphatic heterocycles. The van der Waals surface area contributed by atoms with E-state index in [9.17, 15) is 0 Å². The predicted octanol–water partition coefficient (Wildman–Crippen LogP) is 4.18. The van der Waals surface area contributed by atoms with Gasteiger partial charge in [0.05, 0.1) is 0 Å². The summed E-state index contributed by atoms with van der Waals surface area (Å²) in [5.74, 6) is 0.986. The average molecular weight is 201 g/mol. The van der Waals surface area contributed by atoms with Crippen molar-refractivity contribution in [3.63, 3.8) is 0 Å². The van der Waals surface area contributed by atoms with Crippen molar-refractivity contribution in [3.05, 3.63) is 0 Å². The van der Waals surface area contributed by atoms with Crippen molar-refractivity contribution in [1.29, 1.82) is 0 Å². The highest BCUT2D eigenvalue weighted by Gasteiger charge is 1.95. The van der Waals surface area contributed by atoms with Gasteiger partial charge in [-0.05, 0) is 25.6 Å². The van der Waals surface area contributed by atoms with E-state index in [-0.39, 0.29) is 0 Å². The lowest BCUT2D eigenvalue weighted by atomic mass is 10.0. The summed E-state index contributed by atoms with van der Waals surface area (Å²) in [6, 6.07) is 0. The fourth-order valence-electron chi connectivity index (χ4n) is 1.54. The quantitative estimate of drug-likeness (QED) is 0.623. The highest BCUT2D eigenvalue weighted by Crippen LogP contribution is 2.09. The zero-order chi connectivity index (χ0) is 11.4. The van der Waals surface area contributed by atoms with E-state index in [0.717, 1.165) is 5.92 Å². The van der Waals surface area contributed by atoms with Crippen LogP contribution >= 0.6 is 0 Å². The predicted molar refractivity (Wildman–Crippen MR) is 67.8 cm³/mol. The first-order chi connectivity index (χ1) is 6.69. The average Bonchev–Trinajstić information content (AvgIpc) is 2.24. The fraction of sp³-hybridized carbons (Fsp3) is 1.00. The molecular formula is C13H31N. The Morgan fingerprint density at radius 3 is 0.929 bits per heavy atom. The molecule has 0 atom stereocenters. The zero-order valence-electron chi connectivity index (χ0n) is 11.3. The molecule has 0 rings (SSSR count). The number of hydrogen-bond donors (Lipinski definition) is 0. The summed E-state index contributed by atoms with van der Waals surface area (Å²) in [5.41, 5.74) is 0. The Hall–Kier alpha value is -0.0400. The highest BCUT2D eigenvalue weighted by molar-refractivity contribution is 4.48. The van der Waals surface area contributed by atoms with Crippen LogP contribution in [0.15, 0.2) is 0 Å². The molecular weight excluding hydrogens is 170 g/mol. The second-order valence-electron chi connectivity index (χ2n) is 3.71. The van der Waals surface area contributed by atoms with Crippen LogP contribution in [0.4, 0.5) is 0 Å². The summed E-state index contributed by atoms with van der Waals surface area (Å²) in [5, 5.41) is 0. The number of rotatable bonds is 6. The number of hydrogen-bond acceptors (Lipinski definition) is 1. The summed E-state index contributed by atoms with van der Waals surface area (Å²) in [4.78, 5) is 2.38. The summed E-state index contributed by atoms with van der Waals surface area (Å²) >= 11 is 0. The van der Waals surface area contributed by atoms with Gasteiger partial charge in [-0.1, -0.05) is 60.8 Å². The topological polar surface area (TPSA) is 3.24 Å². The monoisotopic (exact) mass is 201 g/mol. The molecule has 0 saturated carbocycles. The molecule has 0 heterocycles. The van der Waals surface area contributed by atoms with Crippen LogP contribution in [0.2, 0.25) is 0 Å². The van der Waals surface area contributed by atoms with Gasteiger partial charge in [0, 0.05) is 0 Å². The minimum Gasteiger partial charge on any atom is -0.304 e. The van der Waals surface area contributed by atoms with E-state index >= 15 is 0 Å². The van der Waals surface area contributed by atoms with E-state index in [2.05, 4.69) is 46.4 Å². The van der Waals surface area contributed by atoms with Crippen molar-refractivity contribution in [2.45, 2.75) is 60.8 Å². The van der Waals surface area contributed by atoms with E-state index < -0.39 is 0 Å². The summed E-state index contributed by atoms with van der Waals surface area (Å²) in [6.45, 7) is 16.9. The van der Waals surface area contributed by atoms with Crippen molar-refractivity contribution in [1.82, 2.24) is 4.90 Å². The molecule has 0 bridgehead atoms. The standard InChI is InChI=1S/C7H16.C6H15N/c2*1-4-7(5-2)6-3/h7H,4-6H2,1-3H3;4-6H2,1-3H3. The van der Waals surface area contributed by atoms with Crippen LogP contribution in [0.25, 0.3) is 0 Å². The Balaban J connectivity index is 0. The van der Waals surface area contributed by atoms with Crippen molar-refractivity contribution >= 4 is 0 Å². The van der Waals surface area contributed by atoms with Gasteiger partial charge in [0.2, 0.25) is 0 Å². The lowest BCUT2D eigenvalue weighted by molar-refractivity contribution is 0.321. The molecule has 88 valence electrons. The maximum absolute atomic E-state index is 2.38. The van der Waals surface area contributed by atoms with Gasteiger partial charge in [-0.3, -0.25) is 0 Å². The van der Waals surface area contributed by atoms with E-state index in [0.29, 0.717) is 0 Å². The van der Waals surface area contributed by atoms with Crippen LogP contribution in [0.3, 0.4) is 0 Å². The molecule has 0 amide bonds. The van der Waals surface area contributed by atoms with Gasteiger partial charge in [-0.2, -0.15) is 0 Å². The van der Waals surface area contributed by atoms with Crippen LogP contribution in [0.5, 0.6) is 0 Å². The molecule has 0 saturated heterocycles. The van der Waals surface area contributed by atoms with E-state index in [4.69, 9.17) is 0 Å². The Morgan fingerprint density at radius 1 is 0.643 bits per heavy atom. The SMILES string of the molecule is CCC(CC)CC.CCN(CC)CC. The smallest absolute Gasteiger partial charge is 0.00474 e. The van der Waals surface area contributed by atoms with E-state index in [1.807, 2.05) is 0 Å². The van der Waals surface area contributed by atoms with Gasteiger partial charge in [-0.15, -0.1) is 0 Å². The molecule has 1 nitrogen and oxygen atoms in total. The van der Waals surface area contributed by atoms with E-state index in [1.54, 1.807) is 0 Å². The van der Waals surface area contributed by atoms with Gasteiger partial charge in [0.1, 0.15) is 0 Å². The van der Waals surface area contributed by atoms with Crippen LogP contribution in [0, 0.1) is 5.92 Å². The Kier molecular flexibility index (Phi) is 15.2. The third-order valence-electron chi connectivity index (χ3n) is 3.07. The molecule has 0 aliphatic rings. The molecule has 0 N–H and O–H groups in total. The molecule has 0 unspecified atom stereocenters.